The lowest BCUT2D eigenvalue weighted by Gasteiger charge is -2.12. The molecule has 0 bridgehead atoms. The summed E-state index contributed by atoms with van der Waals surface area (Å²) in [6.45, 7) is 1.89. The first kappa shape index (κ1) is 13.7. The molecule has 0 amide bonds. The Labute approximate surface area is 131 Å². The van der Waals surface area contributed by atoms with Crippen molar-refractivity contribution >= 4 is 45.8 Å². The van der Waals surface area contributed by atoms with Crippen LogP contribution in [-0.2, 0) is 0 Å². The molecule has 0 aliphatic heterocycles. The molecule has 2 aromatic carbocycles. The van der Waals surface area contributed by atoms with Crippen molar-refractivity contribution in [2.24, 2.45) is 0 Å². The minimum atomic E-state index is -0.238. The molecule has 20 heavy (non-hydrogen) atoms. The zero-order chi connectivity index (χ0) is 14.3. The fourth-order valence-electron chi connectivity index (χ4n) is 2.22. The van der Waals surface area contributed by atoms with E-state index in [1.807, 2.05) is 54.0 Å². The zero-order valence-corrected chi connectivity index (χ0v) is 12.9. The fourth-order valence-corrected chi connectivity index (χ4v) is 2.75. The molecule has 102 valence electrons. The number of para-hydroxylation sites is 1. The van der Waals surface area contributed by atoms with Gasteiger partial charge in [0.25, 0.3) is 0 Å². The largest absolute Gasteiger partial charge is 0.293 e. The molecule has 1 unspecified atom stereocenters. The third kappa shape index (κ3) is 2.28. The highest BCUT2D eigenvalue weighted by atomic mass is 35.5. The summed E-state index contributed by atoms with van der Waals surface area (Å²) in [5.41, 5.74) is 2.59. The van der Waals surface area contributed by atoms with Crippen LogP contribution in [-0.4, -0.2) is 9.55 Å². The van der Waals surface area contributed by atoms with E-state index in [-0.39, 0.29) is 5.38 Å². The molecule has 1 aromatic heterocycles. The van der Waals surface area contributed by atoms with Crippen molar-refractivity contribution in [1.82, 2.24) is 9.55 Å². The second-order valence-electron chi connectivity index (χ2n) is 4.51. The smallest absolute Gasteiger partial charge is 0.132 e. The molecule has 3 rings (SSSR count). The molecule has 1 heterocycles. The van der Waals surface area contributed by atoms with Crippen molar-refractivity contribution in [2.75, 3.05) is 0 Å². The molecule has 0 radical (unpaired) electrons. The average molecular weight is 326 g/mol. The molecule has 0 N–H and O–H groups in total. The third-order valence-corrected chi connectivity index (χ3v) is 3.84. The lowest BCUT2D eigenvalue weighted by molar-refractivity contribution is 0.883. The van der Waals surface area contributed by atoms with Gasteiger partial charge in [-0.2, -0.15) is 0 Å². The lowest BCUT2D eigenvalue weighted by Crippen LogP contribution is -2.02. The minimum absolute atomic E-state index is 0.238. The maximum absolute atomic E-state index is 6.31. The third-order valence-electron chi connectivity index (χ3n) is 3.09. The van der Waals surface area contributed by atoms with E-state index >= 15 is 0 Å². The zero-order valence-electron chi connectivity index (χ0n) is 10.6. The van der Waals surface area contributed by atoms with Crippen molar-refractivity contribution in [1.29, 1.82) is 0 Å². The van der Waals surface area contributed by atoms with Gasteiger partial charge in [0, 0.05) is 5.02 Å². The summed E-state index contributed by atoms with van der Waals surface area (Å²) in [4.78, 5) is 4.58. The Kier molecular flexibility index (Phi) is 3.63. The molecule has 0 aliphatic carbocycles. The van der Waals surface area contributed by atoms with Crippen molar-refractivity contribution in [2.45, 2.75) is 12.3 Å². The SMILES string of the molecule is CC(Cl)c1nc2ccc(Cl)cc2n1-c1ccccc1Cl. The topological polar surface area (TPSA) is 17.8 Å². The van der Waals surface area contributed by atoms with Crippen LogP contribution in [0.5, 0.6) is 0 Å². The number of nitrogens with zero attached hydrogens (tertiary/aromatic N) is 2. The number of alkyl halides is 1. The summed E-state index contributed by atoms with van der Waals surface area (Å²) in [6.07, 6.45) is 0. The van der Waals surface area contributed by atoms with Crippen molar-refractivity contribution < 1.29 is 0 Å². The molecular weight excluding hydrogens is 315 g/mol. The van der Waals surface area contributed by atoms with E-state index in [2.05, 4.69) is 4.98 Å². The van der Waals surface area contributed by atoms with Gasteiger partial charge in [-0.25, -0.2) is 4.98 Å². The minimum Gasteiger partial charge on any atom is -0.293 e. The summed E-state index contributed by atoms with van der Waals surface area (Å²) in [7, 11) is 0. The summed E-state index contributed by atoms with van der Waals surface area (Å²) < 4.78 is 1.96. The second-order valence-corrected chi connectivity index (χ2v) is 6.00. The van der Waals surface area contributed by atoms with E-state index < -0.39 is 0 Å². The number of hydrogen-bond donors (Lipinski definition) is 0. The van der Waals surface area contributed by atoms with Gasteiger partial charge in [-0.05, 0) is 37.3 Å². The molecule has 0 saturated heterocycles. The molecule has 0 spiro atoms. The molecule has 0 fully saturated rings. The Morgan fingerprint density at radius 1 is 1.10 bits per heavy atom. The number of rotatable bonds is 2. The van der Waals surface area contributed by atoms with E-state index in [9.17, 15) is 0 Å². The predicted octanol–water partition coefficient (Wildman–Crippen LogP) is 5.63. The number of imidazole rings is 1. The van der Waals surface area contributed by atoms with Gasteiger partial charge < -0.3 is 0 Å². The van der Waals surface area contributed by atoms with Crippen LogP contribution in [0.15, 0.2) is 42.5 Å². The van der Waals surface area contributed by atoms with Crippen LogP contribution in [0.3, 0.4) is 0 Å². The quantitative estimate of drug-likeness (QED) is 0.558. The van der Waals surface area contributed by atoms with Gasteiger partial charge in [0.2, 0.25) is 0 Å². The number of benzene rings is 2. The summed E-state index contributed by atoms with van der Waals surface area (Å²) in [6, 6.07) is 13.2. The van der Waals surface area contributed by atoms with E-state index in [0.29, 0.717) is 10.0 Å². The molecular formula is C15H11Cl3N2. The summed E-state index contributed by atoms with van der Waals surface area (Å²) in [5.74, 6) is 0.747. The maximum atomic E-state index is 6.31. The summed E-state index contributed by atoms with van der Waals surface area (Å²) >= 11 is 18.7. The van der Waals surface area contributed by atoms with Gasteiger partial charge in [0.15, 0.2) is 0 Å². The molecule has 0 aliphatic rings. The Morgan fingerprint density at radius 3 is 2.55 bits per heavy atom. The highest BCUT2D eigenvalue weighted by molar-refractivity contribution is 6.32. The Morgan fingerprint density at radius 2 is 1.85 bits per heavy atom. The lowest BCUT2D eigenvalue weighted by atomic mass is 10.2. The standard InChI is InChI=1S/C15H11Cl3N2/c1-9(16)15-19-12-7-6-10(17)8-14(12)20(15)13-5-3-2-4-11(13)18/h2-9H,1H3. The van der Waals surface area contributed by atoms with Crippen LogP contribution in [0.4, 0.5) is 0 Å². The molecule has 3 aromatic rings. The van der Waals surface area contributed by atoms with Gasteiger partial charge in [0.1, 0.15) is 5.82 Å². The molecule has 1 atom stereocenters. The second kappa shape index (κ2) is 5.28. The predicted molar refractivity (Wildman–Crippen MR) is 85.4 cm³/mol. The Bertz CT molecular complexity index is 778. The first-order valence-corrected chi connectivity index (χ1v) is 7.34. The first-order valence-electron chi connectivity index (χ1n) is 6.15. The Balaban J connectivity index is 2.40. The molecule has 5 heteroatoms. The van der Waals surface area contributed by atoms with E-state index in [0.717, 1.165) is 22.5 Å². The van der Waals surface area contributed by atoms with Gasteiger partial charge in [-0.1, -0.05) is 35.3 Å². The van der Waals surface area contributed by atoms with Gasteiger partial charge in [0.05, 0.1) is 27.1 Å². The fraction of sp³-hybridized carbons (Fsp3) is 0.133. The number of fused-ring (bicyclic) bond motifs is 1. The summed E-state index contributed by atoms with van der Waals surface area (Å²) in [5, 5.41) is 1.06. The van der Waals surface area contributed by atoms with Crippen LogP contribution in [0.25, 0.3) is 16.7 Å². The normalized spacial score (nSPS) is 12.8. The van der Waals surface area contributed by atoms with E-state index in [1.165, 1.54) is 0 Å². The van der Waals surface area contributed by atoms with E-state index in [1.54, 1.807) is 0 Å². The van der Waals surface area contributed by atoms with Crippen molar-refractivity contribution in [3.8, 4) is 5.69 Å². The number of hydrogen-bond acceptors (Lipinski definition) is 1. The van der Waals surface area contributed by atoms with Crippen LogP contribution >= 0.6 is 34.8 Å². The van der Waals surface area contributed by atoms with Crippen LogP contribution in [0.2, 0.25) is 10.0 Å². The van der Waals surface area contributed by atoms with Gasteiger partial charge >= 0.3 is 0 Å². The van der Waals surface area contributed by atoms with Crippen LogP contribution < -0.4 is 0 Å². The highest BCUT2D eigenvalue weighted by Gasteiger charge is 2.18. The van der Waals surface area contributed by atoms with Crippen molar-refractivity contribution in [3.63, 3.8) is 0 Å². The van der Waals surface area contributed by atoms with Crippen molar-refractivity contribution in [3.05, 3.63) is 58.3 Å². The monoisotopic (exact) mass is 324 g/mol. The van der Waals surface area contributed by atoms with Crippen LogP contribution in [0.1, 0.15) is 18.1 Å². The van der Waals surface area contributed by atoms with Gasteiger partial charge in [-0.3, -0.25) is 4.57 Å². The number of halogens is 3. The van der Waals surface area contributed by atoms with E-state index in [4.69, 9.17) is 34.8 Å². The Hall–Kier alpha value is -1.22. The first-order chi connectivity index (χ1) is 9.58. The molecule has 2 nitrogen and oxygen atoms in total. The highest BCUT2D eigenvalue weighted by Crippen LogP contribution is 2.32. The molecule has 0 saturated carbocycles. The van der Waals surface area contributed by atoms with Crippen LogP contribution in [0, 0.1) is 0 Å². The maximum Gasteiger partial charge on any atom is 0.132 e. The number of aromatic nitrogens is 2. The average Bonchev–Trinajstić information content (AvgIpc) is 2.78. The van der Waals surface area contributed by atoms with Gasteiger partial charge in [-0.15, -0.1) is 11.6 Å².